The normalized spacial score (nSPS) is 10.2. The first-order valence-electron chi connectivity index (χ1n) is 5.87. The molecule has 1 nitrogen and oxygen atoms in total. The van der Waals surface area contributed by atoms with Crippen LogP contribution in [0.15, 0.2) is 66.7 Å². The van der Waals surface area contributed by atoms with E-state index in [1.807, 2.05) is 60.7 Å². The van der Waals surface area contributed by atoms with Crippen molar-refractivity contribution in [2.45, 2.75) is 0 Å². The molecule has 18 heavy (non-hydrogen) atoms. The highest BCUT2D eigenvalue weighted by Crippen LogP contribution is 2.36. The summed E-state index contributed by atoms with van der Waals surface area (Å²) >= 11 is 0. The van der Waals surface area contributed by atoms with E-state index in [-0.39, 0.29) is 0 Å². The minimum absolute atomic E-state index is 0.757. The number of fused-ring (bicyclic) bond motifs is 1. The first-order valence-corrected chi connectivity index (χ1v) is 5.87. The SMILES string of the molecule is N#Cc1c2cccccc-2cc1-c1ccccc1. The van der Waals surface area contributed by atoms with Crippen LogP contribution >= 0.6 is 0 Å². The fraction of sp³-hybridized carbons (Fsp3) is 0. The fourth-order valence-corrected chi connectivity index (χ4v) is 2.25. The van der Waals surface area contributed by atoms with Crippen molar-refractivity contribution in [2.75, 3.05) is 0 Å². The van der Waals surface area contributed by atoms with E-state index < -0.39 is 0 Å². The zero-order valence-corrected chi connectivity index (χ0v) is 9.80. The molecule has 0 fully saturated rings. The van der Waals surface area contributed by atoms with Crippen molar-refractivity contribution in [1.29, 1.82) is 5.26 Å². The van der Waals surface area contributed by atoms with Gasteiger partial charge in [0.2, 0.25) is 0 Å². The summed E-state index contributed by atoms with van der Waals surface area (Å²) in [7, 11) is 0. The monoisotopic (exact) mass is 229 g/mol. The van der Waals surface area contributed by atoms with E-state index in [0.29, 0.717) is 0 Å². The maximum Gasteiger partial charge on any atom is 0.100 e. The molecule has 0 saturated heterocycles. The van der Waals surface area contributed by atoms with E-state index in [0.717, 1.165) is 27.8 Å². The number of nitriles is 1. The van der Waals surface area contributed by atoms with Gasteiger partial charge in [0.05, 0.1) is 5.56 Å². The first kappa shape index (κ1) is 10.6. The third kappa shape index (κ3) is 1.65. The molecule has 0 N–H and O–H groups in total. The Labute approximate surface area is 106 Å². The maximum absolute atomic E-state index is 9.40. The highest BCUT2D eigenvalue weighted by molar-refractivity contribution is 5.87. The summed E-state index contributed by atoms with van der Waals surface area (Å²) in [6.07, 6.45) is 0. The van der Waals surface area contributed by atoms with Crippen molar-refractivity contribution in [1.82, 2.24) is 0 Å². The third-order valence-corrected chi connectivity index (χ3v) is 3.11. The lowest BCUT2D eigenvalue weighted by Gasteiger charge is -1.98. The van der Waals surface area contributed by atoms with Gasteiger partial charge in [-0.05, 0) is 17.2 Å². The van der Waals surface area contributed by atoms with Crippen molar-refractivity contribution in [2.24, 2.45) is 0 Å². The third-order valence-electron chi connectivity index (χ3n) is 3.11. The summed E-state index contributed by atoms with van der Waals surface area (Å²) < 4.78 is 0. The summed E-state index contributed by atoms with van der Waals surface area (Å²) in [6.45, 7) is 0. The molecule has 2 aliphatic carbocycles. The minimum atomic E-state index is 0.757. The molecule has 0 bridgehead atoms. The minimum Gasteiger partial charge on any atom is -0.192 e. The van der Waals surface area contributed by atoms with Crippen molar-refractivity contribution in [3.8, 4) is 28.3 Å². The molecule has 3 rings (SSSR count). The second-order valence-electron chi connectivity index (χ2n) is 4.19. The van der Waals surface area contributed by atoms with Gasteiger partial charge in [-0.25, -0.2) is 0 Å². The van der Waals surface area contributed by atoms with E-state index in [1.54, 1.807) is 0 Å². The Kier molecular flexibility index (Phi) is 2.55. The van der Waals surface area contributed by atoms with Crippen LogP contribution in [0.5, 0.6) is 0 Å². The van der Waals surface area contributed by atoms with Gasteiger partial charge in [-0.1, -0.05) is 60.7 Å². The number of benzene rings is 1. The second-order valence-corrected chi connectivity index (χ2v) is 4.19. The molecule has 1 aromatic carbocycles. The molecular weight excluding hydrogens is 218 g/mol. The van der Waals surface area contributed by atoms with Crippen LogP contribution in [0.2, 0.25) is 0 Å². The van der Waals surface area contributed by atoms with Gasteiger partial charge in [-0.15, -0.1) is 0 Å². The van der Waals surface area contributed by atoms with Crippen molar-refractivity contribution >= 4 is 0 Å². The number of nitrogens with zero attached hydrogens (tertiary/aromatic N) is 1. The Morgan fingerprint density at radius 3 is 1.94 bits per heavy atom. The second kappa shape index (κ2) is 4.35. The van der Waals surface area contributed by atoms with Crippen LogP contribution in [0.1, 0.15) is 5.56 Å². The Morgan fingerprint density at radius 2 is 1.28 bits per heavy atom. The average Bonchev–Trinajstić information content (AvgIpc) is 2.61. The van der Waals surface area contributed by atoms with Crippen molar-refractivity contribution < 1.29 is 0 Å². The fourth-order valence-electron chi connectivity index (χ4n) is 2.25. The molecule has 0 aliphatic heterocycles. The highest BCUT2D eigenvalue weighted by Gasteiger charge is 2.15. The Hall–Kier alpha value is -2.59. The topological polar surface area (TPSA) is 23.8 Å². The molecule has 2 aliphatic rings. The van der Waals surface area contributed by atoms with E-state index in [4.69, 9.17) is 0 Å². The van der Waals surface area contributed by atoms with E-state index in [9.17, 15) is 5.26 Å². The molecule has 0 saturated carbocycles. The van der Waals surface area contributed by atoms with Crippen LogP contribution in [-0.2, 0) is 0 Å². The van der Waals surface area contributed by atoms with Crippen molar-refractivity contribution in [3.05, 3.63) is 72.3 Å². The first-order chi connectivity index (χ1) is 8.90. The van der Waals surface area contributed by atoms with Gasteiger partial charge < -0.3 is 0 Å². The Morgan fingerprint density at radius 1 is 0.667 bits per heavy atom. The highest BCUT2D eigenvalue weighted by atomic mass is 14.3. The molecular formula is C17H11N. The molecule has 0 atom stereocenters. The summed E-state index contributed by atoms with van der Waals surface area (Å²) in [5.74, 6) is 0. The largest absolute Gasteiger partial charge is 0.192 e. The molecule has 1 heteroatoms. The smallest absolute Gasteiger partial charge is 0.100 e. The van der Waals surface area contributed by atoms with E-state index >= 15 is 0 Å². The van der Waals surface area contributed by atoms with Gasteiger partial charge in [-0.2, -0.15) is 5.26 Å². The predicted octanol–water partition coefficient (Wildman–Crippen LogP) is 4.33. The number of hydrogen-bond acceptors (Lipinski definition) is 1. The van der Waals surface area contributed by atoms with Crippen LogP contribution in [-0.4, -0.2) is 0 Å². The lowest BCUT2D eigenvalue weighted by Crippen LogP contribution is -1.78. The van der Waals surface area contributed by atoms with Crippen LogP contribution < -0.4 is 0 Å². The Balaban J connectivity index is 2.32. The molecule has 0 spiro atoms. The van der Waals surface area contributed by atoms with Gasteiger partial charge in [0.1, 0.15) is 6.07 Å². The maximum atomic E-state index is 9.40. The van der Waals surface area contributed by atoms with E-state index in [2.05, 4.69) is 12.1 Å². The molecule has 0 heterocycles. The van der Waals surface area contributed by atoms with E-state index in [1.165, 1.54) is 0 Å². The van der Waals surface area contributed by atoms with Gasteiger partial charge >= 0.3 is 0 Å². The summed E-state index contributed by atoms with van der Waals surface area (Å²) in [4.78, 5) is 0. The lowest BCUT2D eigenvalue weighted by molar-refractivity contribution is 1.50. The predicted molar refractivity (Wildman–Crippen MR) is 73.2 cm³/mol. The zero-order valence-electron chi connectivity index (χ0n) is 9.80. The average molecular weight is 229 g/mol. The zero-order chi connectivity index (χ0) is 12.4. The van der Waals surface area contributed by atoms with Crippen molar-refractivity contribution in [3.63, 3.8) is 0 Å². The summed E-state index contributed by atoms with van der Waals surface area (Å²) in [5.41, 5.74) is 4.98. The number of hydrogen-bond donors (Lipinski definition) is 0. The van der Waals surface area contributed by atoms with Gasteiger partial charge in [0.15, 0.2) is 0 Å². The Bertz CT molecular complexity index is 693. The van der Waals surface area contributed by atoms with Crippen LogP contribution in [0.3, 0.4) is 0 Å². The van der Waals surface area contributed by atoms with Gasteiger partial charge in [-0.3, -0.25) is 0 Å². The van der Waals surface area contributed by atoms with Gasteiger partial charge in [0, 0.05) is 11.1 Å². The quantitative estimate of drug-likeness (QED) is 0.609. The number of rotatable bonds is 1. The molecule has 1 aromatic rings. The van der Waals surface area contributed by atoms with Gasteiger partial charge in [0.25, 0.3) is 0 Å². The van der Waals surface area contributed by atoms with Crippen LogP contribution in [0.25, 0.3) is 22.3 Å². The summed E-state index contributed by atoms with van der Waals surface area (Å²) in [6, 6.07) is 24.5. The molecule has 0 amide bonds. The molecule has 0 aromatic heterocycles. The lowest BCUT2D eigenvalue weighted by atomic mass is 10.0. The molecule has 0 radical (unpaired) electrons. The van der Waals surface area contributed by atoms with Crippen LogP contribution in [0.4, 0.5) is 0 Å². The molecule has 84 valence electrons. The summed E-state index contributed by atoms with van der Waals surface area (Å²) in [5, 5.41) is 9.40. The molecule has 0 unspecified atom stereocenters. The standard InChI is InChI=1S/C17H11N/c18-12-17-15-10-6-2-5-9-14(15)11-16(17)13-7-3-1-4-8-13/h1-11H. The van der Waals surface area contributed by atoms with Crippen LogP contribution in [0, 0.1) is 11.3 Å².